The van der Waals surface area contributed by atoms with E-state index in [1.165, 1.54) is 71.2 Å². The first-order valence-electron chi connectivity index (χ1n) is 38.0. The first-order chi connectivity index (χ1) is 55.6. The van der Waals surface area contributed by atoms with Crippen molar-refractivity contribution >= 4 is 87.5 Å². The molecule has 0 aliphatic carbocycles. The van der Waals surface area contributed by atoms with Gasteiger partial charge in [0.05, 0.1) is 55.9 Å². The van der Waals surface area contributed by atoms with Gasteiger partial charge in [0.2, 0.25) is 0 Å². The maximum atomic E-state index is 5.25. The number of nitrogens with zero attached hydrogens (tertiary/aromatic N) is 8. The lowest BCUT2D eigenvalue weighted by atomic mass is 9.98. The predicted molar refractivity (Wildman–Crippen MR) is 465 cm³/mol. The van der Waals surface area contributed by atoms with Crippen molar-refractivity contribution in [2.24, 2.45) is 0 Å². The summed E-state index contributed by atoms with van der Waals surface area (Å²) in [5, 5.41) is 9.55. The topological polar surface area (TPSA) is 71.3 Å². The normalized spacial score (nSPS) is 11.6. The van der Waals surface area contributed by atoms with Gasteiger partial charge in [0.15, 0.2) is 0 Å². The van der Waals surface area contributed by atoms with E-state index in [4.69, 9.17) is 19.9 Å². The zero-order valence-corrected chi connectivity index (χ0v) is 60.8. The highest BCUT2D eigenvalue weighted by atomic mass is 15.1. The van der Waals surface area contributed by atoms with Gasteiger partial charge in [-0.1, -0.05) is 255 Å². The molecule has 0 N–H and O–H groups in total. The number of aromatic nitrogens is 8. The van der Waals surface area contributed by atoms with E-state index in [0.29, 0.717) is 0 Å². The molecule has 0 fully saturated rings. The summed E-state index contributed by atoms with van der Waals surface area (Å²) in [6, 6.07) is 143. The molecule has 0 saturated heterocycles. The van der Waals surface area contributed by atoms with Crippen LogP contribution < -0.4 is 0 Å². The van der Waals surface area contributed by atoms with Crippen molar-refractivity contribution in [3.05, 3.63) is 413 Å². The standard InChI is InChI=1S/2C52H34N4/c1-4-15-35(16-5-1)39-33-46(36-17-6-2-7-18-36)54-47(34-39)38-19-12-22-41(31-38)55-48-26-11-10-23-44(48)51-42(24-13-27-50(51)55)37-28-29-49-45(32-37)43-25-14-30-53-52(43)56(49)40-20-8-3-9-21-40;1-4-15-35(16-5-1)46-33-39(34-47(54-46)36-17-6-2-7-18-36)37-19-12-22-41(31-37)55-48-26-11-10-23-44(48)51-42(24-13-27-50(51)55)38-28-29-49-45(32-38)43-25-14-30-53-52(43)56(49)40-20-8-3-9-21-40/h2*1-34H. The van der Waals surface area contributed by atoms with Crippen LogP contribution in [0.15, 0.2) is 413 Å². The Morgan fingerprint density at radius 3 is 0.938 bits per heavy atom. The second-order valence-corrected chi connectivity index (χ2v) is 28.5. The molecule has 0 aliphatic rings. The highest BCUT2D eigenvalue weighted by Crippen LogP contribution is 2.45. The number of pyridine rings is 4. The minimum atomic E-state index is 0.936. The molecule has 0 atom stereocenters. The average Bonchev–Trinajstić information content (AvgIpc) is 1.57. The molecule has 8 aromatic heterocycles. The zero-order valence-electron chi connectivity index (χ0n) is 60.8. The van der Waals surface area contributed by atoms with E-state index in [1.807, 2.05) is 42.7 Å². The Morgan fingerprint density at radius 2 is 0.491 bits per heavy atom. The van der Waals surface area contributed by atoms with Crippen molar-refractivity contribution in [2.75, 3.05) is 0 Å². The first kappa shape index (κ1) is 65.2. The van der Waals surface area contributed by atoms with E-state index in [9.17, 15) is 0 Å². The molecule has 8 heteroatoms. The lowest BCUT2D eigenvalue weighted by Crippen LogP contribution is -1.96. The minimum Gasteiger partial charge on any atom is -0.309 e. The summed E-state index contributed by atoms with van der Waals surface area (Å²) in [5.74, 6) is 0. The van der Waals surface area contributed by atoms with Crippen molar-refractivity contribution in [3.8, 4) is 112 Å². The average molecular weight is 1430 g/mol. The smallest absolute Gasteiger partial charge is 0.145 e. The fraction of sp³-hybridized carbons (Fsp3) is 0. The van der Waals surface area contributed by atoms with Gasteiger partial charge in [-0.25, -0.2) is 19.9 Å². The monoisotopic (exact) mass is 1430 g/mol. The molecule has 0 amide bonds. The molecular formula is C104H68N8. The highest BCUT2D eigenvalue weighted by Gasteiger charge is 2.23. The van der Waals surface area contributed by atoms with Gasteiger partial charge < -0.3 is 9.13 Å². The number of rotatable bonds is 12. The van der Waals surface area contributed by atoms with Gasteiger partial charge in [0.25, 0.3) is 0 Å². The largest absolute Gasteiger partial charge is 0.309 e. The summed E-state index contributed by atoms with van der Waals surface area (Å²) in [4.78, 5) is 20.1. The molecule has 524 valence electrons. The Balaban J connectivity index is 0.000000141. The Kier molecular flexibility index (Phi) is 16.1. The fourth-order valence-corrected chi connectivity index (χ4v) is 16.9. The van der Waals surface area contributed by atoms with Crippen LogP contribution in [0, 0.1) is 0 Å². The minimum absolute atomic E-state index is 0.936. The third kappa shape index (κ3) is 11.4. The van der Waals surface area contributed by atoms with E-state index in [2.05, 4.69) is 388 Å². The summed E-state index contributed by atoms with van der Waals surface area (Å²) in [5.41, 5.74) is 30.7. The van der Waals surface area contributed by atoms with Crippen LogP contribution in [0.2, 0.25) is 0 Å². The Hall–Kier alpha value is -15.1. The quantitative estimate of drug-likeness (QED) is 0.122. The van der Waals surface area contributed by atoms with Crippen LogP contribution in [0.3, 0.4) is 0 Å². The molecular weight excluding hydrogens is 1360 g/mol. The molecule has 0 saturated carbocycles. The maximum Gasteiger partial charge on any atom is 0.145 e. The first-order valence-corrected chi connectivity index (χ1v) is 38.0. The Labute approximate surface area is 646 Å². The lowest BCUT2D eigenvalue weighted by molar-refractivity contribution is 1.14. The van der Waals surface area contributed by atoms with E-state index < -0.39 is 0 Å². The third-order valence-corrected chi connectivity index (χ3v) is 21.9. The van der Waals surface area contributed by atoms with Crippen molar-refractivity contribution in [1.82, 2.24) is 38.2 Å². The molecule has 112 heavy (non-hydrogen) atoms. The van der Waals surface area contributed by atoms with E-state index in [0.717, 1.165) is 129 Å². The Bertz CT molecular complexity index is 6790. The maximum absolute atomic E-state index is 5.25. The molecule has 22 aromatic rings. The lowest BCUT2D eigenvalue weighted by Gasteiger charge is -2.13. The fourth-order valence-electron chi connectivity index (χ4n) is 16.9. The highest BCUT2D eigenvalue weighted by molar-refractivity contribution is 6.19. The number of benzene rings is 14. The Morgan fingerprint density at radius 1 is 0.170 bits per heavy atom. The zero-order chi connectivity index (χ0) is 74.0. The molecule has 22 rings (SSSR count). The summed E-state index contributed by atoms with van der Waals surface area (Å²) in [6.45, 7) is 0. The van der Waals surface area contributed by atoms with Crippen molar-refractivity contribution < 1.29 is 0 Å². The van der Waals surface area contributed by atoms with Gasteiger partial charge in [0.1, 0.15) is 11.3 Å². The van der Waals surface area contributed by atoms with Crippen LogP contribution in [0.25, 0.3) is 200 Å². The van der Waals surface area contributed by atoms with Crippen LogP contribution >= 0.6 is 0 Å². The number of hydrogen-bond acceptors (Lipinski definition) is 4. The van der Waals surface area contributed by atoms with Crippen LogP contribution in [0.5, 0.6) is 0 Å². The van der Waals surface area contributed by atoms with Gasteiger partial charge in [-0.2, -0.15) is 0 Å². The van der Waals surface area contributed by atoms with Crippen LogP contribution in [0.4, 0.5) is 0 Å². The molecule has 0 unspecified atom stereocenters. The third-order valence-electron chi connectivity index (χ3n) is 21.9. The van der Waals surface area contributed by atoms with Crippen LogP contribution in [-0.2, 0) is 0 Å². The molecule has 0 aliphatic heterocycles. The molecule has 14 aromatic carbocycles. The van der Waals surface area contributed by atoms with Gasteiger partial charge in [-0.3, -0.25) is 9.13 Å². The van der Waals surface area contributed by atoms with E-state index in [-0.39, 0.29) is 0 Å². The summed E-state index contributed by atoms with van der Waals surface area (Å²) < 4.78 is 9.35. The van der Waals surface area contributed by atoms with Gasteiger partial charge in [-0.05, 0) is 190 Å². The van der Waals surface area contributed by atoms with Gasteiger partial charge in [0, 0.05) is 100 Å². The molecule has 0 radical (unpaired) electrons. The molecule has 0 spiro atoms. The number of para-hydroxylation sites is 4. The van der Waals surface area contributed by atoms with Crippen LogP contribution in [-0.4, -0.2) is 38.2 Å². The van der Waals surface area contributed by atoms with Crippen molar-refractivity contribution in [1.29, 1.82) is 0 Å². The molecule has 8 heterocycles. The number of hydrogen-bond donors (Lipinski definition) is 0. The summed E-state index contributed by atoms with van der Waals surface area (Å²) >= 11 is 0. The SMILES string of the molecule is c1ccc(-c2cc(-c3cccc(-n4c5ccccc5c5c(-c6ccc7c(c6)c6cccnc6n7-c6ccccc6)cccc54)c3)cc(-c3ccccc3)n2)cc1.c1ccc(-c2cc(-c3ccccc3)nc(-c3cccc(-n4c5ccccc5c5c(-c6ccc7c(c6)c6cccnc6n7-c6ccccc6)cccc54)c3)c2)cc1. The predicted octanol–water partition coefficient (Wildman–Crippen LogP) is 26.7. The van der Waals surface area contributed by atoms with Crippen molar-refractivity contribution in [3.63, 3.8) is 0 Å². The van der Waals surface area contributed by atoms with E-state index >= 15 is 0 Å². The molecule has 8 nitrogen and oxygen atoms in total. The summed E-state index contributed by atoms with van der Waals surface area (Å²) in [6.07, 6.45) is 3.76. The summed E-state index contributed by atoms with van der Waals surface area (Å²) in [7, 11) is 0. The second-order valence-electron chi connectivity index (χ2n) is 28.5. The number of fused-ring (bicyclic) bond motifs is 12. The second kappa shape index (κ2) is 27.6. The van der Waals surface area contributed by atoms with Crippen LogP contribution in [0.1, 0.15) is 0 Å². The van der Waals surface area contributed by atoms with Gasteiger partial charge >= 0.3 is 0 Å². The van der Waals surface area contributed by atoms with E-state index in [1.54, 1.807) is 0 Å². The van der Waals surface area contributed by atoms with Gasteiger partial charge in [-0.15, -0.1) is 0 Å². The van der Waals surface area contributed by atoms with Crippen molar-refractivity contribution in [2.45, 2.75) is 0 Å². The molecule has 0 bridgehead atoms.